The first-order valence-electron chi connectivity index (χ1n) is 7.13. The van der Waals surface area contributed by atoms with Crippen LogP contribution in [-0.4, -0.2) is 22.0 Å². The summed E-state index contributed by atoms with van der Waals surface area (Å²) in [6.45, 7) is 0. The van der Waals surface area contributed by atoms with Crippen molar-refractivity contribution in [3.05, 3.63) is 57.5 Å². The number of halogens is 2. The molecule has 0 amide bonds. The molecule has 1 aromatic heterocycles. The summed E-state index contributed by atoms with van der Waals surface area (Å²) >= 11 is 11.2. The highest BCUT2D eigenvalue weighted by atomic mass is 79.9. The molecule has 2 heterocycles. The Morgan fingerprint density at radius 3 is 2.75 bits per heavy atom. The van der Waals surface area contributed by atoms with Crippen molar-refractivity contribution in [3.63, 3.8) is 0 Å². The number of rotatable bonds is 3. The zero-order valence-corrected chi connectivity index (χ0v) is 15.7. The zero-order valence-electron chi connectivity index (χ0n) is 12.5. The second-order valence-electron chi connectivity index (χ2n) is 5.17. The van der Waals surface area contributed by atoms with E-state index >= 15 is 0 Å². The third kappa shape index (κ3) is 2.76. The van der Waals surface area contributed by atoms with E-state index in [0.717, 1.165) is 37.4 Å². The maximum atomic E-state index is 5.97. The normalized spacial score (nSPS) is 15.9. The van der Waals surface area contributed by atoms with Gasteiger partial charge in [-0.25, -0.2) is 4.68 Å². The van der Waals surface area contributed by atoms with Gasteiger partial charge in [-0.15, -0.1) is 10.2 Å². The molecule has 0 radical (unpaired) electrons. The first-order chi connectivity index (χ1) is 11.7. The minimum absolute atomic E-state index is 0.0656. The van der Waals surface area contributed by atoms with Crippen LogP contribution < -0.4 is 10.2 Å². The molecule has 2 aromatic carbocycles. The van der Waals surface area contributed by atoms with Crippen LogP contribution in [0.25, 0.3) is 11.4 Å². The third-order valence-corrected chi connectivity index (χ3v) is 5.72. The molecular weight excluding hydrogens is 412 g/mol. The highest BCUT2D eigenvalue weighted by Crippen LogP contribution is 2.41. The summed E-state index contributed by atoms with van der Waals surface area (Å²) in [5, 5.41) is 10.2. The van der Waals surface area contributed by atoms with Crippen molar-refractivity contribution in [2.45, 2.75) is 10.5 Å². The van der Waals surface area contributed by atoms with E-state index in [2.05, 4.69) is 31.6 Å². The molecule has 0 aliphatic carbocycles. The van der Waals surface area contributed by atoms with Gasteiger partial charge < -0.3 is 10.2 Å². The number of nitrogens with one attached hydrogen (secondary N) is 1. The Morgan fingerprint density at radius 2 is 2.00 bits per heavy atom. The van der Waals surface area contributed by atoms with Crippen molar-refractivity contribution in [1.29, 1.82) is 0 Å². The lowest BCUT2D eigenvalue weighted by Gasteiger charge is -2.13. The van der Waals surface area contributed by atoms with E-state index in [9.17, 15) is 0 Å². The summed E-state index contributed by atoms with van der Waals surface area (Å²) < 4.78 is 8.15. The topological polar surface area (TPSA) is 52.0 Å². The van der Waals surface area contributed by atoms with Gasteiger partial charge in [0, 0.05) is 15.1 Å². The van der Waals surface area contributed by atoms with Gasteiger partial charge in [0.1, 0.15) is 11.1 Å². The van der Waals surface area contributed by atoms with Crippen molar-refractivity contribution >= 4 is 39.3 Å². The summed E-state index contributed by atoms with van der Waals surface area (Å²) in [5.41, 5.74) is 5.48. The lowest BCUT2D eigenvalue weighted by atomic mass is 10.2. The van der Waals surface area contributed by atoms with E-state index in [4.69, 9.17) is 16.3 Å². The smallest absolute Gasteiger partial charge is 0.212 e. The largest absolute Gasteiger partial charge is 0.497 e. The van der Waals surface area contributed by atoms with Gasteiger partial charge in [-0.3, -0.25) is 0 Å². The molecule has 8 heteroatoms. The van der Waals surface area contributed by atoms with Crippen LogP contribution in [0.3, 0.4) is 0 Å². The summed E-state index contributed by atoms with van der Waals surface area (Å²) in [6.07, 6.45) is 0. The molecule has 0 saturated carbocycles. The average Bonchev–Trinajstić information content (AvgIpc) is 3.17. The minimum atomic E-state index is 0.0656. The molecular formula is C16H12BrClN4OS. The van der Waals surface area contributed by atoms with E-state index in [1.54, 1.807) is 18.9 Å². The lowest BCUT2D eigenvalue weighted by Crippen LogP contribution is -2.13. The number of nitrogens with zero attached hydrogens (tertiary/aromatic N) is 3. The van der Waals surface area contributed by atoms with E-state index in [1.165, 1.54) is 0 Å². The summed E-state index contributed by atoms with van der Waals surface area (Å²) in [4.78, 5) is 0. The van der Waals surface area contributed by atoms with Crippen molar-refractivity contribution in [1.82, 2.24) is 14.9 Å². The van der Waals surface area contributed by atoms with Gasteiger partial charge in [0.2, 0.25) is 5.16 Å². The predicted molar refractivity (Wildman–Crippen MR) is 99.1 cm³/mol. The Bertz CT molecular complexity index is 900. The van der Waals surface area contributed by atoms with Crippen LogP contribution in [0.4, 0.5) is 0 Å². The minimum Gasteiger partial charge on any atom is -0.497 e. The molecule has 1 atom stereocenters. The molecule has 0 fully saturated rings. The van der Waals surface area contributed by atoms with Gasteiger partial charge in [-0.1, -0.05) is 51.4 Å². The molecule has 0 spiro atoms. The van der Waals surface area contributed by atoms with Gasteiger partial charge in [0.05, 0.1) is 7.11 Å². The molecule has 1 N–H and O–H groups in total. The van der Waals surface area contributed by atoms with Crippen LogP contribution in [0.2, 0.25) is 5.02 Å². The molecule has 1 aliphatic rings. The van der Waals surface area contributed by atoms with Crippen LogP contribution in [0.1, 0.15) is 10.9 Å². The van der Waals surface area contributed by atoms with Crippen LogP contribution in [-0.2, 0) is 0 Å². The Morgan fingerprint density at radius 1 is 1.21 bits per heavy atom. The fourth-order valence-electron chi connectivity index (χ4n) is 2.47. The van der Waals surface area contributed by atoms with Gasteiger partial charge in [-0.05, 0) is 35.9 Å². The van der Waals surface area contributed by atoms with Crippen molar-refractivity contribution in [2.75, 3.05) is 12.5 Å². The number of benzene rings is 2. The van der Waals surface area contributed by atoms with E-state index < -0.39 is 0 Å². The fraction of sp³-hybridized carbons (Fsp3) is 0.125. The van der Waals surface area contributed by atoms with Crippen molar-refractivity contribution in [2.24, 2.45) is 0 Å². The number of hydrogen-bond acceptors (Lipinski definition) is 5. The maximum Gasteiger partial charge on any atom is 0.212 e. The second-order valence-corrected chi connectivity index (χ2v) is 7.53. The molecule has 24 heavy (non-hydrogen) atoms. The predicted octanol–water partition coefficient (Wildman–Crippen LogP) is 4.72. The van der Waals surface area contributed by atoms with Gasteiger partial charge in [-0.2, -0.15) is 0 Å². The Labute approximate surface area is 156 Å². The van der Waals surface area contributed by atoms with E-state index in [1.807, 2.05) is 47.1 Å². The number of aromatic nitrogens is 3. The number of ether oxygens (including phenoxy) is 1. The van der Waals surface area contributed by atoms with Gasteiger partial charge >= 0.3 is 0 Å². The summed E-state index contributed by atoms with van der Waals surface area (Å²) in [5.74, 6) is 1.50. The summed E-state index contributed by atoms with van der Waals surface area (Å²) in [7, 11) is 1.64. The Balaban J connectivity index is 1.69. The van der Waals surface area contributed by atoms with Crippen LogP contribution in [0.15, 0.2) is 52.1 Å². The monoisotopic (exact) mass is 422 g/mol. The van der Waals surface area contributed by atoms with Crippen molar-refractivity contribution in [3.8, 4) is 17.1 Å². The van der Waals surface area contributed by atoms with Crippen LogP contribution >= 0.6 is 39.3 Å². The van der Waals surface area contributed by atoms with Gasteiger partial charge in [0.15, 0.2) is 5.82 Å². The second kappa shape index (κ2) is 6.31. The Hall–Kier alpha value is -1.70. The molecule has 0 saturated heterocycles. The zero-order chi connectivity index (χ0) is 16.7. The molecule has 5 nitrogen and oxygen atoms in total. The van der Waals surface area contributed by atoms with E-state index in [-0.39, 0.29) is 5.37 Å². The first kappa shape index (κ1) is 15.8. The SMILES string of the molecule is COc1ccc(Br)c(-c2nnc3n2NC(c2ccc(Cl)cc2)S3)c1. The quantitative estimate of drug-likeness (QED) is 0.661. The van der Waals surface area contributed by atoms with Crippen molar-refractivity contribution < 1.29 is 4.74 Å². The first-order valence-corrected chi connectivity index (χ1v) is 9.19. The third-order valence-electron chi connectivity index (χ3n) is 3.69. The summed E-state index contributed by atoms with van der Waals surface area (Å²) in [6, 6.07) is 13.6. The van der Waals surface area contributed by atoms with E-state index in [0.29, 0.717) is 0 Å². The molecule has 122 valence electrons. The van der Waals surface area contributed by atoms with Crippen LogP contribution in [0, 0.1) is 0 Å². The molecule has 1 unspecified atom stereocenters. The molecule has 0 bridgehead atoms. The fourth-order valence-corrected chi connectivity index (χ4v) is 4.01. The lowest BCUT2D eigenvalue weighted by molar-refractivity contribution is 0.415. The number of thioether (sulfide) groups is 1. The average molecular weight is 424 g/mol. The standard InChI is InChI=1S/C16H12BrClN4OS/c1-23-11-6-7-13(17)12(8-11)14-19-20-16-22(14)21-15(24-16)9-2-4-10(18)5-3-9/h2-8,15,21H,1H3. The maximum absolute atomic E-state index is 5.97. The van der Waals surface area contributed by atoms with Gasteiger partial charge in [0.25, 0.3) is 0 Å². The molecule has 4 rings (SSSR count). The highest BCUT2D eigenvalue weighted by molar-refractivity contribution is 9.10. The van der Waals surface area contributed by atoms with Crippen LogP contribution in [0.5, 0.6) is 5.75 Å². The molecule has 3 aromatic rings. The number of hydrogen-bond donors (Lipinski definition) is 1. The number of fused-ring (bicyclic) bond motifs is 1. The highest BCUT2D eigenvalue weighted by Gasteiger charge is 2.28. The number of methoxy groups -OCH3 is 1. The Kier molecular flexibility index (Phi) is 4.15. The molecule has 1 aliphatic heterocycles.